The molecule has 152 valence electrons. The average Bonchev–Trinajstić information content (AvgIpc) is 2.79. The van der Waals surface area contributed by atoms with Gasteiger partial charge in [-0.3, -0.25) is 4.79 Å². The number of piperazine rings is 1. The van der Waals surface area contributed by atoms with Crippen molar-refractivity contribution in [2.45, 2.75) is 6.04 Å². The van der Waals surface area contributed by atoms with Crippen LogP contribution in [-0.4, -0.2) is 36.5 Å². The molecule has 1 aliphatic heterocycles. The van der Waals surface area contributed by atoms with E-state index in [2.05, 4.69) is 34.5 Å². The van der Waals surface area contributed by atoms with Gasteiger partial charge in [0, 0.05) is 36.6 Å². The summed E-state index contributed by atoms with van der Waals surface area (Å²) in [4.78, 5) is 28.6. The maximum atomic E-state index is 13.4. The Morgan fingerprint density at radius 1 is 0.833 bits per heavy atom. The zero-order valence-electron chi connectivity index (χ0n) is 16.6. The van der Waals surface area contributed by atoms with Crippen molar-refractivity contribution in [2.24, 2.45) is 5.73 Å². The van der Waals surface area contributed by atoms with Crippen LogP contribution in [0.25, 0.3) is 0 Å². The van der Waals surface area contributed by atoms with Gasteiger partial charge in [0.1, 0.15) is 0 Å². The topological polar surface area (TPSA) is 78.7 Å². The number of primary amides is 1. The number of nitrogens with two attached hydrogens (primary N) is 1. The molecule has 6 nitrogen and oxygen atoms in total. The fraction of sp³-hybridized carbons (Fsp3) is 0.167. The minimum absolute atomic E-state index is 0.0258. The second-order valence-electron chi connectivity index (χ2n) is 7.27. The third-order valence-electron chi connectivity index (χ3n) is 5.35. The second-order valence-corrected chi connectivity index (χ2v) is 7.27. The van der Waals surface area contributed by atoms with E-state index in [4.69, 9.17) is 5.73 Å². The molecule has 1 unspecified atom stereocenters. The third-order valence-corrected chi connectivity index (χ3v) is 5.35. The van der Waals surface area contributed by atoms with E-state index < -0.39 is 6.03 Å². The van der Waals surface area contributed by atoms with E-state index in [-0.39, 0.29) is 11.9 Å². The molecule has 0 saturated carbocycles. The molecule has 0 aliphatic carbocycles. The first kappa shape index (κ1) is 19.5. The van der Waals surface area contributed by atoms with Gasteiger partial charge in [-0.15, -0.1) is 0 Å². The lowest BCUT2D eigenvalue weighted by Gasteiger charge is -2.42. The first-order chi connectivity index (χ1) is 14.6. The van der Waals surface area contributed by atoms with E-state index in [0.717, 1.165) is 24.3 Å². The zero-order valence-corrected chi connectivity index (χ0v) is 16.6. The molecular weight excluding hydrogens is 376 g/mol. The summed E-state index contributed by atoms with van der Waals surface area (Å²) in [5, 5.41) is 2.52. The first-order valence-electron chi connectivity index (χ1n) is 9.94. The molecule has 4 rings (SSSR count). The lowest BCUT2D eigenvalue weighted by Crippen LogP contribution is -2.50. The van der Waals surface area contributed by atoms with E-state index in [1.807, 2.05) is 41.3 Å². The van der Waals surface area contributed by atoms with Crippen molar-refractivity contribution in [3.05, 3.63) is 96.1 Å². The van der Waals surface area contributed by atoms with Crippen molar-refractivity contribution in [3.63, 3.8) is 0 Å². The number of anilines is 2. The van der Waals surface area contributed by atoms with Crippen LogP contribution in [0.2, 0.25) is 0 Å². The molecule has 0 spiro atoms. The highest BCUT2D eigenvalue weighted by molar-refractivity contribution is 5.96. The average molecular weight is 400 g/mol. The molecule has 3 aromatic rings. The van der Waals surface area contributed by atoms with E-state index in [0.29, 0.717) is 17.8 Å². The summed E-state index contributed by atoms with van der Waals surface area (Å²) in [7, 11) is 0. The molecule has 0 aromatic heterocycles. The van der Waals surface area contributed by atoms with Crippen LogP contribution in [0.5, 0.6) is 0 Å². The molecule has 3 aromatic carbocycles. The molecule has 1 atom stereocenters. The van der Waals surface area contributed by atoms with Gasteiger partial charge in [0.05, 0.1) is 6.04 Å². The summed E-state index contributed by atoms with van der Waals surface area (Å²) in [6.07, 6.45) is 0. The van der Waals surface area contributed by atoms with Crippen molar-refractivity contribution in [1.82, 2.24) is 4.90 Å². The normalized spacial score (nSPS) is 16.2. The molecule has 1 saturated heterocycles. The minimum Gasteiger partial charge on any atom is -0.367 e. The van der Waals surface area contributed by atoms with Crippen LogP contribution in [0, 0.1) is 0 Å². The van der Waals surface area contributed by atoms with Crippen LogP contribution in [0.4, 0.5) is 16.2 Å². The number of urea groups is 1. The molecule has 6 heteroatoms. The van der Waals surface area contributed by atoms with E-state index in [1.54, 1.807) is 24.3 Å². The van der Waals surface area contributed by atoms with Gasteiger partial charge in [-0.05, 0) is 42.0 Å². The number of carbonyl (C=O) groups is 2. The predicted octanol–water partition coefficient (Wildman–Crippen LogP) is 3.88. The Balaban J connectivity index is 1.59. The van der Waals surface area contributed by atoms with Crippen molar-refractivity contribution in [1.29, 1.82) is 0 Å². The lowest BCUT2D eigenvalue weighted by molar-refractivity contribution is 0.0655. The predicted molar refractivity (Wildman–Crippen MR) is 119 cm³/mol. The number of hydrogen-bond acceptors (Lipinski definition) is 3. The van der Waals surface area contributed by atoms with Crippen LogP contribution in [-0.2, 0) is 0 Å². The van der Waals surface area contributed by atoms with Crippen LogP contribution in [0.3, 0.4) is 0 Å². The molecule has 0 radical (unpaired) electrons. The first-order valence-corrected chi connectivity index (χ1v) is 9.94. The molecule has 3 N–H and O–H groups in total. The molecule has 1 fully saturated rings. The Bertz CT molecular complexity index is 1010. The molecule has 0 bridgehead atoms. The van der Waals surface area contributed by atoms with Crippen molar-refractivity contribution in [3.8, 4) is 0 Å². The number of benzene rings is 3. The fourth-order valence-electron chi connectivity index (χ4n) is 3.86. The maximum Gasteiger partial charge on any atom is 0.316 e. The van der Waals surface area contributed by atoms with Crippen molar-refractivity contribution >= 4 is 23.3 Å². The van der Waals surface area contributed by atoms with Gasteiger partial charge in [0.25, 0.3) is 5.91 Å². The van der Waals surface area contributed by atoms with Crippen LogP contribution >= 0.6 is 0 Å². The summed E-state index contributed by atoms with van der Waals surface area (Å²) in [6, 6.07) is 26.5. The SMILES string of the molecule is NC(=O)Nc1ccc(C(=O)N2CCN(c3ccccc3)CC2c2ccccc2)cc1. The highest BCUT2D eigenvalue weighted by Crippen LogP contribution is 2.30. The summed E-state index contributed by atoms with van der Waals surface area (Å²) in [5.41, 5.74) is 8.57. The molecule has 1 aliphatic rings. The van der Waals surface area contributed by atoms with E-state index in [9.17, 15) is 9.59 Å². The fourth-order valence-corrected chi connectivity index (χ4v) is 3.86. The monoisotopic (exact) mass is 400 g/mol. The van der Waals surface area contributed by atoms with Crippen molar-refractivity contribution < 1.29 is 9.59 Å². The Morgan fingerprint density at radius 2 is 1.47 bits per heavy atom. The highest BCUT2D eigenvalue weighted by atomic mass is 16.2. The van der Waals surface area contributed by atoms with Gasteiger partial charge in [0.2, 0.25) is 0 Å². The lowest BCUT2D eigenvalue weighted by atomic mass is 10.0. The number of hydrogen-bond donors (Lipinski definition) is 2. The number of rotatable bonds is 4. The third kappa shape index (κ3) is 4.27. The number of nitrogens with one attached hydrogen (secondary N) is 1. The summed E-state index contributed by atoms with van der Waals surface area (Å²) in [5.74, 6) is -0.0258. The molecule has 1 heterocycles. The summed E-state index contributed by atoms with van der Waals surface area (Å²) >= 11 is 0. The summed E-state index contributed by atoms with van der Waals surface area (Å²) < 4.78 is 0. The minimum atomic E-state index is -0.629. The smallest absolute Gasteiger partial charge is 0.316 e. The van der Waals surface area contributed by atoms with Crippen LogP contribution < -0.4 is 16.0 Å². The summed E-state index contributed by atoms with van der Waals surface area (Å²) in [6.45, 7) is 2.11. The number of nitrogens with zero attached hydrogens (tertiary/aromatic N) is 2. The quantitative estimate of drug-likeness (QED) is 0.698. The van der Waals surface area contributed by atoms with Crippen LogP contribution in [0.1, 0.15) is 22.0 Å². The Hall–Kier alpha value is -3.80. The van der Waals surface area contributed by atoms with E-state index in [1.165, 1.54) is 0 Å². The van der Waals surface area contributed by atoms with Gasteiger partial charge >= 0.3 is 6.03 Å². The van der Waals surface area contributed by atoms with E-state index >= 15 is 0 Å². The largest absolute Gasteiger partial charge is 0.367 e. The Kier molecular flexibility index (Phi) is 5.66. The van der Waals surface area contributed by atoms with Gasteiger partial charge in [-0.25, -0.2) is 4.79 Å². The Morgan fingerprint density at radius 3 is 2.10 bits per heavy atom. The number of carbonyl (C=O) groups excluding carboxylic acids is 2. The van der Waals surface area contributed by atoms with Crippen LogP contribution in [0.15, 0.2) is 84.9 Å². The van der Waals surface area contributed by atoms with Gasteiger partial charge in [-0.2, -0.15) is 0 Å². The van der Waals surface area contributed by atoms with Crippen molar-refractivity contribution in [2.75, 3.05) is 29.9 Å². The maximum absolute atomic E-state index is 13.4. The van der Waals surface area contributed by atoms with Gasteiger partial charge in [-0.1, -0.05) is 48.5 Å². The van der Waals surface area contributed by atoms with Gasteiger partial charge < -0.3 is 20.9 Å². The van der Waals surface area contributed by atoms with Gasteiger partial charge in [0.15, 0.2) is 0 Å². The second kappa shape index (κ2) is 8.69. The molecule has 3 amide bonds. The molecule has 30 heavy (non-hydrogen) atoms. The standard InChI is InChI=1S/C24H24N4O2/c25-24(30)26-20-13-11-19(12-14-20)23(29)28-16-15-27(21-9-5-2-6-10-21)17-22(28)18-7-3-1-4-8-18/h1-14,22H,15-17H2,(H3,25,26,30). The number of para-hydroxylation sites is 1. The number of amides is 3. The zero-order chi connectivity index (χ0) is 20.9. The molecular formula is C24H24N4O2. The Labute approximate surface area is 175 Å². The highest BCUT2D eigenvalue weighted by Gasteiger charge is 2.32.